The predicted molar refractivity (Wildman–Crippen MR) is 89.7 cm³/mol. The number of hydrogen-bond donors (Lipinski definition) is 2. The number of carbonyl (C=O) groups is 2. The Balaban J connectivity index is 2.34. The van der Waals surface area contributed by atoms with E-state index in [9.17, 15) is 14.0 Å². The van der Waals surface area contributed by atoms with Gasteiger partial charge in [-0.2, -0.15) is 0 Å². The Bertz CT molecular complexity index is 771. The van der Waals surface area contributed by atoms with E-state index >= 15 is 0 Å². The third-order valence-corrected chi connectivity index (χ3v) is 3.31. The van der Waals surface area contributed by atoms with Crippen LogP contribution in [0.1, 0.15) is 31.1 Å². The minimum atomic E-state index is -0.743. The summed E-state index contributed by atoms with van der Waals surface area (Å²) in [6, 6.07) is 7.04. The van der Waals surface area contributed by atoms with Gasteiger partial charge >= 0.3 is 0 Å². The van der Waals surface area contributed by atoms with Crippen molar-refractivity contribution in [2.75, 3.05) is 10.3 Å². The van der Waals surface area contributed by atoms with Crippen LogP contribution in [0.5, 0.6) is 0 Å². The second kappa shape index (κ2) is 6.76. The highest BCUT2D eigenvalue weighted by atomic mass is 19.1. The highest BCUT2D eigenvalue weighted by Gasteiger charge is 2.25. The smallest absolute Gasteiger partial charge is 0.275 e. The van der Waals surface area contributed by atoms with Gasteiger partial charge in [0.05, 0.1) is 17.4 Å². The lowest BCUT2D eigenvalue weighted by Gasteiger charge is -2.23. The zero-order valence-electron chi connectivity index (χ0n) is 13.7. The van der Waals surface area contributed by atoms with E-state index in [4.69, 9.17) is 5.84 Å². The summed E-state index contributed by atoms with van der Waals surface area (Å²) < 4.78 is 13.8. The van der Waals surface area contributed by atoms with Crippen LogP contribution >= 0.6 is 0 Å². The van der Waals surface area contributed by atoms with Crippen molar-refractivity contribution in [3.05, 3.63) is 54.1 Å². The second-order valence-electron chi connectivity index (χ2n) is 6.25. The molecule has 2 rings (SSSR count). The molecule has 0 atom stereocenters. The summed E-state index contributed by atoms with van der Waals surface area (Å²) >= 11 is 0. The van der Waals surface area contributed by atoms with Crippen molar-refractivity contribution in [2.45, 2.75) is 20.8 Å². The van der Waals surface area contributed by atoms with E-state index in [1.54, 1.807) is 20.8 Å². The Kier molecular flexibility index (Phi) is 4.94. The lowest BCUT2D eigenvalue weighted by Crippen LogP contribution is -2.39. The first-order valence-corrected chi connectivity index (χ1v) is 7.31. The fourth-order valence-electron chi connectivity index (χ4n) is 1.87. The van der Waals surface area contributed by atoms with E-state index in [0.29, 0.717) is 5.69 Å². The van der Waals surface area contributed by atoms with Gasteiger partial charge in [0, 0.05) is 11.6 Å². The summed E-state index contributed by atoms with van der Waals surface area (Å²) in [5.41, 5.74) is -0.312. The monoisotopic (exact) mass is 330 g/mol. The first-order chi connectivity index (χ1) is 11.2. The Morgan fingerprint density at radius 1 is 1.21 bits per heavy atom. The summed E-state index contributed by atoms with van der Waals surface area (Å²) in [7, 11) is 0. The van der Waals surface area contributed by atoms with Gasteiger partial charge in [-0.3, -0.25) is 14.6 Å². The molecule has 2 aromatic rings. The van der Waals surface area contributed by atoms with Crippen molar-refractivity contribution in [2.24, 2.45) is 11.3 Å². The average molecular weight is 330 g/mol. The van der Waals surface area contributed by atoms with Crippen LogP contribution in [-0.2, 0) is 4.79 Å². The van der Waals surface area contributed by atoms with Crippen LogP contribution in [0, 0.1) is 11.2 Å². The molecule has 24 heavy (non-hydrogen) atoms. The van der Waals surface area contributed by atoms with Crippen molar-refractivity contribution in [1.29, 1.82) is 0 Å². The number of nitrogens with zero attached hydrogens (tertiary/aromatic N) is 2. The van der Waals surface area contributed by atoms with Crippen LogP contribution in [0.3, 0.4) is 0 Å². The van der Waals surface area contributed by atoms with Crippen molar-refractivity contribution in [3.8, 4) is 0 Å². The minimum absolute atomic E-state index is 0.169. The van der Waals surface area contributed by atoms with Gasteiger partial charge in [0.2, 0.25) is 5.91 Å². The fraction of sp³-hybridized carbons (Fsp3) is 0.235. The number of aromatic nitrogens is 1. The van der Waals surface area contributed by atoms with Gasteiger partial charge in [0.25, 0.3) is 5.91 Å². The quantitative estimate of drug-likeness (QED) is 0.514. The molecule has 0 bridgehead atoms. The van der Waals surface area contributed by atoms with E-state index in [1.165, 1.54) is 42.7 Å². The number of carbonyl (C=O) groups excluding carboxylic acids is 2. The number of nitrogens with two attached hydrogens (primary N) is 1. The van der Waals surface area contributed by atoms with E-state index in [-0.39, 0.29) is 17.2 Å². The van der Waals surface area contributed by atoms with Crippen LogP contribution in [-0.4, -0.2) is 16.8 Å². The molecule has 0 saturated carbocycles. The average Bonchev–Trinajstić information content (AvgIpc) is 2.53. The normalized spacial score (nSPS) is 11.0. The van der Waals surface area contributed by atoms with Gasteiger partial charge in [-0.25, -0.2) is 15.2 Å². The largest absolute Gasteiger partial charge is 0.324 e. The number of hydrazine groups is 1. The third-order valence-electron chi connectivity index (χ3n) is 3.31. The van der Waals surface area contributed by atoms with Crippen LogP contribution in [0.15, 0.2) is 42.7 Å². The molecule has 3 N–H and O–H groups in total. The zero-order chi connectivity index (χ0) is 17.9. The Labute approximate surface area is 139 Å². The van der Waals surface area contributed by atoms with Gasteiger partial charge < -0.3 is 5.32 Å². The van der Waals surface area contributed by atoms with Gasteiger partial charge in [0.15, 0.2) is 0 Å². The van der Waals surface area contributed by atoms with E-state index < -0.39 is 17.1 Å². The SMILES string of the molecule is CC(C)(C)C(=O)Nc1ccncc1N(N)C(=O)c1ccccc1F. The highest BCUT2D eigenvalue weighted by molar-refractivity contribution is 6.08. The lowest BCUT2D eigenvalue weighted by atomic mass is 9.95. The fourth-order valence-corrected chi connectivity index (χ4v) is 1.87. The number of rotatable bonds is 3. The molecule has 0 fully saturated rings. The number of anilines is 2. The molecule has 126 valence electrons. The topological polar surface area (TPSA) is 88.3 Å². The second-order valence-corrected chi connectivity index (χ2v) is 6.25. The molecule has 6 nitrogen and oxygen atoms in total. The summed E-state index contributed by atoms with van der Waals surface area (Å²) in [6.07, 6.45) is 2.79. The lowest BCUT2D eigenvalue weighted by molar-refractivity contribution is -0.123. The predicted octanol–water partition coefficient (Wildman–Crippen LogP) is 2.73. The summed E-state index contributed by atoms with van der Waals surface area (Å²) in [4.78, 5) is 28.5. The number of nitrogens with one attached hydrogen (secondary N) is 1. The third kappa shape index (κ3) is 3.75. The number of hydrogen-bond acceptors (Lipinski definition) is 4. The first-order valence-electron chi connectivity index (χ1n) is 7.31. The number of pyridine rings is 1. The maximum Gasteiger partial charge on any atom is 0.275 e. The molecule has 0 aliphatic carbocycles. The van der Waals surface area contributed by atoms with Crippen LogP contribution in [0.4, 0.5) is 15.8 Å². The summed E-state index contributed by atoms with van der Waals surface area (Å²) in [5, 5.41) is 3.47. The highest BCUT2D eigenvalue weighted by Crippen LogP contribution is 2.26. The molecule has 1 aromatic heterocycles. The zero-order valence-corrected chi connectivity index (χ0v) is 13.7. The number of amides is 2. The molecule has 0 spiro atoms. The Morgan fingerprint density at radius 2 is 1.88 bits per heavy atom. The Hall–Kier alpha value is -2.80. The standard InChI is InChI=1S/C17H19FN4O2/c1-17(2,3)16(24)21-13-8-9-20-10-14(13)22(19)15(23)11-6-4-5-7-12(11)18/h4-10H,19H2,1-3H3,(H,20,21,24). The number of benzene rings is 1. The molecular weight excluding hydrogens is 311 g/mol. The molecule has 0 saturated heterocycles. The molecule has 1 aromatic carbocycles. The van der Waals surface area contributed by atoms with E-state index in [2.05, 4.69) is 10.3 Å². The van der Waals surface area contributed by atoms with E-state index in [1.807, 2.05) is 0 Å². The van der Waals surface area contributed by atoms with Crippen LogP contribution < -0.4 is 16.2 Å². The van der Waals surface area contributed by atoms with Crippen molar-refractivity contribution in [3.63, 3.8) is 0 Å². The maximum absolute atomic E-state index is 13.8. The molecular formula is C17H19FN4O2. The van der Waals surface area contributed by atoms with Crippen molar-refractivity contribution < 1.29 is 14.0 Å². The minimum Gasteiger partial charge on any atom is -0.324 e. The first kappa shape index (κ1) is 17.6. The van der Waals surface area contributed by atoms with Gasteiger partial charge in [-0.05, 0) is 18.2 Å². The van der Waals surface area contributed by atoms with Gasteiger partial charge in [-0.15, -0.1) is 0 Å². The molecule has 7 heteroatoms. The van der Waals surface area contributed by atoms with Crippen molar-refractivity contribution >= 4 is 23.2 Å². The van der Waals surface area contributed by atoms with Gasteiger partial charge in [-0.1, -0.05) is 32.9 Å². The van der Waals surface area contributed by atoms with Gasteiger partial charge in [0.1, 0.15) is 11.5 Å². The number of halogens is 1. The summed E-state index contributed by atoms with van der Waals surface area (Å²) in [6.45, 7) is 5.27. The van der Waals surface area contributed by atoms with E-state index in [0.717, 1.165) is 5.01 Å². The summed E-state index contributed by atoms with van der Waals surface area (Å²) in [5.74, 6) is 4.18. The molecule has 2 amide bonds. The van der Waals surface area contributed by atoms with Crippen LogP contribution in [0.2, 0.25) is 0 Å². The molecule has 0 aliphatic heterocycles. The van der Waals surface area contributed by atoms with Crippen molar-refractivity contribution in [1.82, 2.24) is 4.98 Å². The van der Waals surface area contributed by atoms with Crippen LogP contribution in [0.25, 0.3) is 0 Å². The maximum atomic E-state index is 13.8. The molecule has 0 aliphatic rings. The Morgan fingerprint density at radius 3 is 2.50 bits per heavy atom. The molecule has 1 heterocycles. The molecule has 0 radical (unpaired) electrons. The molecule has 0 unspecified atom stereocenters.